The summed E-state index contributed by atoms with van der Waals surface area (Å²) in [6.45, 7) is 5.10. The van der Waals surface area contributed by atoms with Gasteiger partial charge in [0.25, 0.3) is 0 Å². The first-order valence-electron chi connectivity index (χ1n) is 6.55. The van der Waals surface area contributed by atoms with Crippen molar-refractivity contribution in [2.24, 2.45) is 0 Å². The van der Waals surface area contributed by atoms with Crippen LogP contribution in [-0.4, -0.2) is 18.6 Å². The van der Waals surface area contributed by atoms with Crippen molar-refractivity contribution in [1.82, 2.24) is 10.3 Å². The number of aryl methyl sites for hydroxylation is 1. The SMILES string of the molecule is CCNC(c1ccccn1)c1ccc(OC)cc1C. The van der Waals surface area contributed by atoms with Gasteiger partial charge in [-0.05, 0) is 48.9 Å². The van der Waals surface area contributed by atoms with Crippen molar-refractivity contribution in [3.05, 3.63) is 59.4 Å². The third-order valence-electron chi connectivity index (χ3n) is 3.18. The smallest absolute Gasteiger partial charge is 0.119 e. The van der Waals surface area contributed by atoms with Gasteiger partial charge in [-0.1, -0.05) is 19.1 Å². The summed E-state index contributed by atoms with van der Waals surface area (Å²) in [5.41, 5.74) is 3.48. The van der Waals surface area contributed by atoms with Gasteiger partial charge in [0, 0.05) is 6.20 Å². The summed E-state index contributed by atoms with van der Waals surface area (Å²) in [6, 6.07) is 12.3. The monoisotopic (exact) mass is 256 g/mol. The predicted molar refractivity (Wildman–Crippen MR) is 77.5 cm³/mol. The van der Waals surface area contributed by atoms with Crippen LogP contribution in [-0.2, 0) is 0 Å². The highest BCUT2D eigenvalue weighted by atomic mass is 16.5. The van der Waals surface area contributed by atoms with Crippen LogP contribution in [0, 0.1) is 6.92 Å². The maximum atomic E-state index is 5.26. The Morgan fingerprint density at radius 3 is 2.68 bits per heavy atom. The molecule has 2 rings (SSSR count). The van der Waals surface area contributed by atoms with Crippen LogP contribution in [0.1, 0.15) is 29.8 Å². The molecule has 0 aliphatic carbocycles. The fraction of sp³-hybridized carbons (Fsp3) is 0.312. The highest BCUT2D eigenvalue weighted by molar-refractivity contribution is 5.39. The zero-order valence-corrected chi connectivity index (χ0v) is 11.7. The first-order chi connectivity index (χ1) is 9.26. The van der Waals surface area contributed by atoms with Gasteiger partial charge in [-0.2, -0.15) is 0 Å². The molecular weight excluding hydrogens is 236 g/mol. The Hall–Kier alpha value is -1.87. The Labute approximate surface area is 114 Å². The molecule has 0 saturated carbocycles. The van der Waals surface area contributed by atoms with E-state index < -0.39 is 0 Å². The molecule has 19 heavy (non-hydrogen) atoms. The number of ether oxygens (including phenoxy) is 1. The molecule has 0 aliphatic heterocycles. The third kappa shape index (κ3) is 3.12. The summed E-state index contributed by atoms with van der Waals surface area (Å²) >= 11 is 0. The molecule has 0 spiro atoms. The van der Waals surface area contributed by atoms with Crippen LogP contribution < -0.4 is 10.1 Å². The molecule has 1 unspecified atom stereocenters. The highest BCUT2D eigenvalue weighted by Crippen LogP contribution is 2.26. The van der Waals surface area contributed by atoms with Crippen molar-refractivity contribution >= 4 is 0 Å². The minimum Gasteiger partial charge on any atom is -0.497 e. The van der Waals surface area contributed by atoms with Gasteiger partial charge in [0.2, 0.25) is 0 Å². The van der Waals surface area contributed by atoms with Gasteiger partial charge in [0.1, 0.15) is 5.75 Å². The fourth-order valence-corrected chi connectivity index (χ4v) is 2.22. The number of methoxy groups -OCH3 is 1. The molecule has 0 aliphatic rings. The molecule has 0 amide bonds. The molecule has 3 nitrogen and oxygen atoms in total. The van der Waals surface area contributed by atoms with Crippen molar-refractivity contribution in [2.45, 2.75) is 19.9 Å². The Balaban J connectivity index is 2.39. The lowest BCUT2D eigenvalue weighted by molar-refractivity contribution is 0.414. The van der Waals surface area contributed by atoms with Crippen LogP contribution in [0.4, 0.5) is 0 Å². The average Bonchev–Trinajstić information content (AvgIpc) is 2.46. The predicted octanol–water partition coefficient (Wildman–Crippen LogP) is 3.10. The summed E-state index contributed by atoms with van der Waals surface area (Å²) in [6.07, 6.45) is 1.83. The van der Waals surface area contributed by atoms with Crippen molar-refractivity contribution in [2.75, 3.05) is 13.7 Å². The Morgan fingerprint density at radius 1 is 1.26 bits per heavy atom. The minimum absolute atomic E-state index is 0.122. The summed E-state index contributed by atoms with van der Waals surface area (Å²) in [4.78, 5) is 4.46. The van der Waals surface area contributed by atoms with Crippen LogP contribution in [0.15, 0.2) is 42.6 Å². The molecule has 0 radical (unpaired) electrons. The zero-order chi connectivity index (χ0) is 13.7. The number of nitrogens with one attached hydrogen (secondary N) is 1. The standard InChI is InChI=1S/C16H20N2O/c1-4-17-16(15-7-5-6-10-18-15)14-9-8-13(19-3)11-12(14)2/h5-11,16-17H,4H2,1-3H3. The number of rotatable bonds is 5. The molecular formula is C16H20N2O. The number of aromatic nitrogens is 1. The lowest BCUT2D eigenvalue weighted by Crippen LogP contribution is -2.23. The lowest BCUT2D eigenvalue weighted by atomic mass is 9.98. The van der Waals surface area contributed by atoms with Crippen molar-refractivity contribution < 1.29 is 4.74 Å². The fourth-order valence-electron chi connectivity index (χ4n) is 2.22. The van der Waals surface area contributed by atoms with Gasteiger partial charge in [0.05, 0.1) is 18.8 Å². The van der Waals surface area contributed by atoms with E-state index in [1.165, 1.54) is 11.1 Å². The molecule has 1 heterocycles. The minimum atomic E-state index is 0.122. The maximum absolute atomic E-state index is 5.26. The third-order valence-corrected chi connectivity index (χ3v) is 3.18. The number of hydrogen-bond acceptors (Lipinski definition) is 3. The van der Waals surface area contributed by atoms with Crippen molar-refractivity contribution in [3.63, 3.8) is 0 Å². The van der Waals surface area contributed by atoms with E-state index in [1.807, 2.05) is 24.4 Å². The molecule has 0 bridgehead atoms. The topological polar surface area (TPSA) is 34.2 Å². The van der Waals surface area contributed by atoms with Gasteiger partial charge < -0.3 is 10.1 Å². The maximum Gasteiger partial charge on any atom is 0.119 e. The van der Waals surface area contributed by atoms with Crippen LogP contribution in [0.5, 0.6) is 5.75 Å². The normalized spacial score (nSPS) is 12.2. The number of benzene rings is 1. The van der Waals surface area contributed by atoms with Crippen molar-refractivity contribution in [1.29, 1.82) is 0 Å². The second-order valence-corrected chi connectivity index (χ2v) is 4.47. The van der Waals surface area contributed by atoms with E-state index in [-0.39, 0.29) is 6.04 Å². The number of nitrogens with zero attached hydrogens (tertiary/aromatic N) is 1. The molecule has 0 fully saturated rings. The number of hydrogen-bond donors (Lipinski definition) is 1. The van der Waals surface area contributed by atoms with E-state index in [4.69, 9.17) is 4.74 Å². The van der Waals surface area contributed by atoms with Crippen LogP contribution in [0.25, 0.3) is 0 Å². The zero-order valence-electron chi connectivity index (χ0n) is 11.7. The van der Waals surface area contributed by atoms with E-state index in [1.54, 1.807) is 7.11 Å². The van der Waals surface area contributed by atoms with Crippen LogP contribution in [0.2, 0.25) is 0 Å². The number of pyridine rings is 1. The molecule has 100 valence electrons. The van der Waals surface area contributed by atoms with Crippen LogP contribution >= 0.6 is 0 Å². The Bertz CT molecular complexity index is 526. The van der Waals surface area contributed by atoms with E-state index in [2.05, 4.69) is 42.3 Å². The van der Waals surface area contributed by atoms with E-state index in [9.17, 15) is 0 Å². The van der Waals surface area contributed by atoms with Gasteiger partial charge in [-0.25, -0.2) is 0 Å². The van der Waals surface area contributed by atoms with Gasteiger partial charge in [0.15, 0.2) is 0 Å². The molecule has 1 aromatic heterocycles. The highest BCUT2D eigenvalue weighted by Gasteiger charge is 2.16. The second kappa shape index (κ2) is 6.34. The van der Waals surface area contributed by atoms with Gasteiger partial charge in [-0.15, -0.1) is 0 Å². The average molecular weight is 256 g/mol. The molecule has 1 atom stereocenters. The quantitative estimate of drug-likeness (QED) is 0.892. The summed E-state index contributed by atoms with van der Waals surface area (Å²) < 4.78 is 5.26. The first-order valence-corrected chi connectivity index (χ1v) is 6.55. The Morgan fingerprint density at radius 2 is 2.11 bits per heavy atom. The molecule has 2 aromatic rings. The molecule has 1 N–H and O–H groups in total. The van der Waals surface area contributed by atoms with E-state index in [0.29, 0.717) is 0 Å². The first kappa shape index (κ1) is 13.6. The summed E-state index contributed by atoms with van der Waals surface area (Å²) in [5.74, 6) is 0.887. The van der Waals surface area contributed by atoms with Crippen molar-refractivity contribution in [3.8, 4) is 5.75 Å². The second-order valence-electron chi connectivity index (χ2n) is 4.47. The van der Waals surface area contributed by atoms with E-state index in [0.717, 1.165) is 18.0 Å². The van der Waals surface area contributed by atoms with Crippen LogP contribution in [0.3, 0.4) is 0 Å². The summed E-state index contributed by atoms with van der Waals surface area (Å²) in [5, 5.41) is 3.49. The van der Waals surface area contributed by atoms with E-state index >= 15 is 0 Å². The molecule has 0 saturated heterocycles. The molecule has 1 aromatic carbocycles. The molecule has 3 heteroatoms. The Kier molecular flexibility index (Phi) is 4.53. The van der Waals surface area contributed by atoms with Gasteiger partial charge >= 0.3 is 0 Å². The van der Waals surface area contributed by atoms with Gasteiger partial charge in [-0.3, -0.25) is 4.98 Å². The largest absolute Gasteiger partial charge is 0.497 e. The summed E-state index contributed by atoms with van der Waals surface area (Å²) in [7, 11) is 1.69. The lowest BCUT2D eigenvalue weighted by Gasteiger charge is -2.20.